The van der Waals surface area contributed by atoms with Crippen LogP contribution in [0.15, 0.2) is 88.1 Å². The number of nitrogens with zero attached hydrogens (tertiary/aromatic N) is 2. The fraction of sp³-hybridized carbons (Fsp3) is 0.267. The Morgan fingerprint density at radius 1 is 1.05 bits per heavy atom. The van der Waals surface area contributed by atoms with E-state index < -0.39 is 6.10 Å². The highest BCUT2D eigenvalue weighted by Crippen LogP contribution is 2.38. The molecule has 4 aromatic rings. The molecule has 5 rings (SSSR count). The van der Waals surface area contributed by atoms with E-state index in [1.807, 2.05) is 54.3 Å². The third-order valence-corrected chi connectivity index (χ3v) is 6.71. The Bertz CT molecular complexity index is 1380. The topological polar surface area (TPSA) is 76.1 Å². The van der Waals surface area contributed by atoms with Gasteiger partial charge in [-0.15, -0.1) is 0 Å². The van der Waals surface area contributed by atoms with Gasteiger partial charge >= 0.3 is 0 Å². The fourth-order valence-electron chi connectivity index (χ4n) is 4.91. The molecule has 2 atom stereocenters. The molecular formula is C30H30N2O5. The molecule has 7 heteroatoms. The Hall–Kier alpha value is -4.26. The zero-order chi connectivity index (χ0) is 25.9. The van der Waals surface area contributed by atoms with E-state index in [9.17, 15) is 9.59 Å². The van der Waals surface area contributed by atoms with Gasteiger partial charge in [0.1, 0.15) is 11.5 Å². The molecular weight excluding hydrogens is 468 g/mol. The highest BCUT2D eigenvalue weighted by molar-refractivity contribution is 5.92. The predicted molar refractivity (Wildman–Crippen MR) is 138 cm³/mol. The van der Waals surface area contributed by atoms with Crippen LogP contribution in [-0.4, -0.2) is 41.3 Å². The van der Waals surface area contributed by atoms with Gasteiger partial charge in [-0.2, -0.15) is 0 Å². The van der Waals surface area contributed by atoms with Gasteiger partial charge in [0.05, 0.1) is 25.1 Å². The van der Waals surface area contributed by atoms with Crippen LogP contribution in [0.3, 0.4) is 0 Å². The third kappa shape index (κ3) is 5.16. The summed E-state index contributed by atoms with van der Waals surface area (Å²) in [4.78, 5) is 29.8. The van der Waals surface area contributed by atoms with Crippen molar-refractivity contribution in [3.8, 4) is 5.75 Å². The first-order valence-corrected chi connectivity index (χ1v) is 12.4. The summed E-state index contributed by atoms with van der Waals surface area (Å²) >= 11 is 0. The Labute approximate surface area is 216 Å². The van der Waals surface area contributed by atoms with Crippen LogP contribution >= 0.6 is 0 Å². The first-order chi connectivity index (χ1) is 17.9. The number of hydrogen-bond acceptors (Lipinski definition) is 5. The SMILES string of the molecule is Cc1cccc([C@H]2c3cc(O[C@H](C)C(=O)N(C)Cc4ccco4)ccc3CCN2C(=O)c2ccco2)c1. The first kappa shape index (κ1) is 24.4. The molecule has 0 unspecified atom stereocenters. The molecule has 1 aliphatic rings. The zero-order valence-electron chi connectivity index (χ0n) is 21.2. The van der Waals surface area contributed by atoms with Crippen LogP contribution in [0.1, 0.15) is 51.5 Å². The van der Waals surface area contributed by atoms with Crippen molar-refractivity contribution in [2.45, 2.75) is 39.0 Å². The number of likely N-dealkylation sites (N-methyl/N-ethyl adjacent to an activating group) is 1. The smallest absolute Gasteiger partial charge is 0.290 e. The molecule has 3 heterocycles. The number of furan rings is 2. The van der Waals surface area contributed by atoms with E-state index in [0.717, 1.165) is 22.3 Å². The van der Waals surface area contributed by atoms with Gasteiger partial charge in [0, 0.05) is 13.6 Å². The molecule has 2 amide bonds. The average molecular weight is 499 g/mol. The molecule has 0 saturated carbocycles. The van der Waals surface area contributed by atoms with Crippen LogP contribution in [0.25, 0.3) is 0 Å². The molecule has 0 aliphatic carbocycles. The van der Waals surface area contributed by atoms with Crippen LogP contribution in [0.2, 0.25) is 0 Å². The monoisotopic (exact) mass is 498 g/mol. The summed E-state index contributed by atoms with van der Waals surface area (Å²) in [6, 6.07) is 20.8. The number of fused-ring (bicyclic) bond motifs is 1. The number of carbonyl (C=O) groups excluding carboxylic acids is 2. The number of amides is 2. The normalized spacial score (nSPS) is 15.6. The molecule has 0 saturated heterocycles. The summed E-state index contributed by atoms with van der Waals surface area (Å²) in [5.41, 5.74) is 4.26. The minimum atomic E-state index is -0.695. The Morgan fingerprint density at radius 2 is 1.86 bits per heavy atom. The molecule has 0 N–H and O–H groups in total. The lowest BCUT2D eigenvalue weighted by Crippen LogP contribution is -2.40. The van der Waals surface area contributed by atoms with E-state index in [0.29, 0.717) is 36.8 Å². The van der Waals surface area contributed by atoms with E-state index in [1.54, 1.807) is 43.3 Å². The minimum absolute atomic E-state index is 0.154. The Balaban J connectivity index is 1.43. The second kappa shape index (κ2) is 10.4. The second-order valence-corrected chi connectivity index (χ2v) is 9.44. The van der Waals surface area contributed by atoms with Crippen molar-refractivity contribution in [1.82, 2.24) is 9.80 Å². The van der Waals surface area contributed by atoms with Crippen molar-refractivity contribution in [3.05, 3.63) is 113 Å². The predicted octanol–water partition coefficient (Wildman–Crippen LogP) is 5.39. The van der Waals surface area contributed by atoms with Crippen LogP contribution < -0.4 is 4.74 Å². The van der Waals surface area contributed by atoms with E-state index in [2.05, 4.69) is 6.07 Å². The first-order valence-electron chi connectivity index (χ1n) is 12.4. The van der Waals surface area contributed by atoms with Gasteiger partial charge in [0.25, 0.3) is 11.8 Å². The largest absolute Gasteiger partial charge is 0.481 e. The lowest BCUT2D eigenvalue weighted by molar-refractivity contribution is -0.137. The fourth-order valence-corrected chi connectivity index (χ4v) is 4.91. The van der Waals surface area contributed by atoms with Crippen molar-refractivity contribution < 1.29 is 23.2 Å². The summed E-state index contributed by atoms with van der Waals surface area (Å²) in [6.07, 6.45) is 3.12. The second-order valence-electron chi connectivity index (χ2n) is 9.44. The van der Waals surface area contributed by atoms with E-state index in [1.165, 1.54) is 6.26 Å². The standard InChI is InChI=1S/C30H30N2O5/c1-20-7-4-8-23(17-20)28-26-18-24(37-21(2)29(33)31(3)19-25-9-5-15-35-25)12-11-22(26)13-14-32(28)30(34)27-10-6-16-36-27/h4-12,15-18,21,28H,13-14,19H2,1-3H3/t21-,28+/m1/s1. The van der Waals surface area contributed by atoms with Gasteiger partial charge in [-0.3, -0.25) is 9.59 Å². The van der Waals surface area contributed by atoms with Crippen molar-refractivity contribution in [2.24, 2.45) is 0 Å². The summed E-state index contributed by atoms with van der Waals surface area (Å²) in [5.74, 6) is 1.29. The van der Waals surface area contributed by atoms with E-state index in [-0.39, 0.29) is 17.9 Å². The van der Waals surface area contributed by atoms with Gasteiger partial charge in [-0.05, 0) is 73.4 Å². The maximum atomic E-state index is 13.4. The molecule has 7 nitrogen and oxygen atoms in total. The molecule has 37 heavy (non-hydrogen) atoms. The number of aryl methyl sites for hydroxylation is 1. The Morgan fingerprint density at radius 3 is 2.59 bits per heavy atom. The van der Waals surface area contributed by atoms with Crippen LogP contribution in [0.5, 0.6) is 5.75 Å². The molecule has 0 spiro atoms. The van der Waals surface area contributed by atoms with Crippen molar-refractivity contribution in [1.29, 1.82) is 0 Å². The number of ether oxygens (including phenoxy) is 1. The van der Waals surface area contributed by atoms with Crippen molar-refractivity contribution in [2.75, 3.05) is 13.6 Å². The van der Waals surface area contributed by atoms with Gasteiger partial charge in [0.2, 0.25) is 0 Å². The summed E-state index contributed by atoms with van der Waals surface area (Å²) in [5, 5.41) is 0. The Kier molecular flexibility index (Phi) is 6.86. The minimum Gasteiger partial charge on any atom is -0.481 e. The third-order valence-electron chi connectivity index (χ3n) is 6.71. The molecule has 0 fully saturated rings. The lowest BCUT2D eigenvalue weighted by atomic mass is 9.87. The molecule has 0 radical (unpaired) electrons. The maximum absolute atomic E-state index is 13.4. The highest BCUT2D eigenvalue weighted by atomic mass is 16.5. The summed E-state index contributed by atoms with van der Waals surface area (Å²) < 4.78 is 16.9. The van der Waals surface area contributed by atoms with Crippen LogP contribution in [0, 0.1) is 6.92 Å². The van der Waals surface area contributed by atoms with Crippen molar-refractivity contribution in [3.63, 3.8) is 0 Å². The maximum Gasteiger partial charge on any atom is 0.290 e. The highest BCUT2D eigenvalue weighted by Gasteiger charge is 2.34. The number of benzene rings is 2. The molecule has 0 bridgehead atoms. The number of rotatable bonds is 7. The molecule has 190 valence electrons. The molecule has 2 aromatic heterocycles. The average Bonchev–Trinajstić information content (AvgIpc) is 3.62. The molecule has 1 aliphatic heterocycles. The number of hydrogen-bond donors (Lipinski definition) is 0. The molecule has 2 aromatic carbocycles. The van der Waals surface area contributed by atoms with Crippen LogP contribution in [-0.2, 0) is 17.8 Å². The van der Waals surface area contributed by atoms with Crippen LogP contribution in [0.4, 0.5) is 0 Å². The lowest BCUT2D eigenvalue weighted by Gasteiger charge is -2.37. The number of carbonyl (C=O) groups is 2. The van der Waals surface area contributed by atoms with Gasteiger partial charge in [0.15, 0.2) is 11.9 Å². The van der Waals surface area contributed by atoms with Gasteiger partial charge < -0.3 is 23.4 Å². The van der Waals surface area contributed by atoms with Crippen molar-refractivity contribution >= 4 is 11.8 Å². The van der Waals surface area contributed by atoms with Gasteiger partial charge in [-0.1, -0.05) is 35.9 Å². The quantitative estimate of drug-likeness (QED) is 0.341. The van der Waals surface area contributed by atoms with E-state index in [4.69, 9.17) is 13.6 Å². The van der Waals surface area contributed by atoms with E-state index >= 15 is 0 Å². The zero-order valence-corrected chi connectivity index (χ0v) is 21.2. The summed E-state index contributed by atoms with van der Waals surface area (Å²) in [6.45, 7) is 4.71. The summed E-state index contributed by atoms with van der Waals surface area (Å²) in [7, 11) is 1.73. The van der Waals surface area contributed by atoms with Gasteiger partial charge in [-0.25, -0.2) is 0 Å².